The Morgan fingerprint density at radius 3 is 2.25 bits per heavy atom. The number of ether oxygens (including phenoxy) is 1. The zero-order valence-electron chi connectivity index (χ0n) is 9.09. The van der Waals surface area contributed by atoms with Crippen molar-refractivity contribution >= 4 is 31.3 Å². The maximum Gasteiger partial charge on any atom is 0.573 e. The van der Waals surface area contributed by atoms with E-state index in [1.165, 1.54) is 0 Å². The quantitative estimate of drug-likeness (QED) is 0.468. The second-order valence-corrected chi connectivity index (χ2v) is 6.02. The Morgan fingerprint density at radius 2 is 1.90 bits per heavy atom. The minimum atomic E-state index is -5.23. The lowest BCUT2D eigenvalue weighted by atomic mass is 10.2. The summed E-state index contributed by atoms with van der Waals surface area (Å²) >= 11 is 5.27. The van der Waals surface area contributed by atoms with Gasteiger partial charge in [-0.25, -0.2) is 22.2 Å². The van der Waals surface area contributed by atoms with Crippen LogP contribution in [0.25, 0.3) is 0 Å². The van der Waals surface area contributed by atoms with Crippen molar-refractivity contribution in [3.05, 3.63) is 17.3 Å². The lowest BCUT2D eigenvalue weighted by Gasteiger charge is -2.15. The maximum absolute atomic E-state index is 12.7. The molecule has 0 bridgehead atoms. The molecule has 114 valence electrons. The molecule has 0 saturated heterocycles. The van der Waals surface area contributed by atoms with Crippen molar-refractivity contribution in [3.63, 3.8) is 0 Å². The van der Waals surface area contributed by atoms with Gasteiger partial charge in [0, 0.05) is 22.3 Å². The van der Waals surface area contributed by atoms with Gasteiger partial charge in [0.2, 0.25) is 0 Å². The van der Waals surface area contributed by atoms with Crippen molar-refractivity contribution in [3.8, 4) is 5.75 Å². The molecular formula is C8H4Cl2F5NO3S. The van der Waals surface area contributed by atoms with Gasteiger partial charge in [0.1, 0.15) is 11.4 Å². The van der Waals surface area contributed by atoms with Crippen LogP contribution in [-0.2, 0) is 14.9 Å². The van der Waals surface area contributed by atoms with Crippen LogP contribution in [0.1, 0.15) is 17.7 Å². The molecule has 0 atom stereocenters. The molecule has 0 aliphatic carbocycles. The summed E-state index contributed by atoms with van der Waals surface area (Å²) in [5.41, 5.74) is -2.02. The second kappa shape index (κ2) is 5.86. The molecule has 1 aromatic heterocycles. The van der Waals surface area contributed by atoms with Crippen LogP contribution in [0.15, 0.2) is 11.1 Å². The summed E-state index contributed by atoms with van der Waals surface area (Å²) in [7, 11) is 0.244. The molecule has 0 N–H and O–H groups in total. The van der Waals surface area contributed by atoms with Gasteiger partial charge in [-0.15, -0.1) is 24.8 Å². The Hall–Kier alpha value is -0.870. The Balaban J connectivity index is 3.58. The van der Waals surface area contributed by atoms with Gasteiger partial charge in [-0.2, -0.15) is 0 Å². The van der Waals surface area contributed by atoms with Crippen molar-refractivity contribution in [2.24, 2.45) is 0 Å². The van der Waals surface area contributed by atoms with Crippen LogP contribution in [0.2, 0.25) is 0 Å². The minimum absolute atomic E-state index is 0.277. The predicted octanol–water partition coefficient (Wildman–Crippen LogP) is 3.58. The number of hydrogen-bond acceptors (Lipinski definition) is 4. The summed E-state index contributed by atoms with van der Waals surface area (Å²) in [4.78, 5) is 3.00. The number of hydrogen-bond donors (Lipinski definition) is 0. The molecule has 1 aromatic rings. The fourth-order valence-corrected chi connectivity index (χ4v) is 2.16. The summed E-state index contributed by atoms with van der Waals surface area (Å²) in [6.45, 7) is 0. The number of aromatic nitrogens is 1. The van der Waals surface area contributed by atoms with Gasteiger partial charge in [-0.3, -0.25) is 0 Å². The van der Waals surface area contributed by atoms with Gasteiger partial charge in [-0.05, 0) is 0 Å². The smallest absolute Gasteiger partial charge is 0.405 e. The lowest BCUT2D eigenvalue weighted by Crippen LogP contribution is -2.19. The van der Waals surface area contributed by atoms with Gasteiger partial charge in [0.15, 0.2) is 5.03 Å². The molecule has 1 heterocycles. The summed E-state index contributed by atoms with van der Waals surface area (Å²) < 4.78 is 87.4. The van der Waals surface area contributed by atoms with Crippen LogP contribution in [0.5, 0.6) is 5.75 Å². The topological polar surface area (TPSA) is 56.3 Å². The monoisotopic (exact) mass is 359 g/mol. The molecule has 0 amide bonds. The average Bonchev–Trinajstić information content (AvgIpc) is 2.24. The maximum atomic E-state index is 12.7. The molecule has 1 rings (SSSR count). The third kappa shape index (κ3) is 4.32. The van der Waals surface area contributed by atoms with Crippen LogP contribution in [0, 0.1) is 0 Å². The summed E-state index contributed by atoms with van der Waals surface area (Å²) in [6.07, 6.45) is -8.59. The Kier molecular flexibility index (Phi) is 5.03. The number of rotatable bonds is 4. The summed E-state index contributed by atoms with van der Waals surface area (Å²) in [6, 6.07) is 0.277. The van der Waals surface area contributed by atoms with E-state index in [-0.39, 0.29) is 6.07 Å². The molecular weight excluding hydrogens is 356 g/mol. The molecule has 0 spiro atoms. The first kappa shape index (κ1) is 17.2. The highest BCUT2D eigenvalue weighted by Gasteiger charge is 2.34. The molecule has 0 aromatic carbocycles. The molecule has 0 unspecified atom stereocenters. The number of alkyl halides is 6. The van der Waals surface area contributed by atoms with E-state index in [2.05, 4.69) is 9.72 Å². The van der Waals surface area contributed by atoms with E-state index in [9.17, 15) is 30.4 Å². The van der Waals surface area contributed by atoms with Crippen LogP contribution in [-0.4, -0.2) is 19.8 Å². The summed E-state index contributed by atoms with van der Waals surface area (Å²) in [5.74, 6) is -1.99. The first-order chi connectivity index (χ1) is 8.95. The standard InChI is InChI=1S/C8H4Cl2F5NO3S/c9-2-3-4(19-8(13,14)15)1-5(20(10,17)18)16-6(3)7(11)12/h1,7H,2H2. The molecule has 12 heteroatoms. The van der Waals surface area contributed by atoms with E-state index < -0.39 is 49.8 Å². The van der Waals surface area contributed by atoms with Gasteiger partial charge < -0.3 is 4.74 Å². The first-order valence-corrected chi connectivity index (χ1v) is 7.38. The lowest BCUT2D eigenvalue weighted by molar-refractivity contribution is -0.275. The van der Waals surface area contributed by atoms with E-state index in [0.717, 1.165) is 0 Å². The van der Waals surface area contributed by atoms with Crippen LogP contribution < -0.4 is 4.74 Å². The van der Waals surface area contributed by atoms with E-state index in [1.54, 1.807) is 0 Å². The number of pyridine rings is 1. The molecule has 0 fully saturated rings. The minimum Gasteiger partial charge on any atom is -0.405 e. The normalized spacial score (nSPS) is 12.8. The highest BCUT2D eigenvalue weighted by Crippen LogP contribution is 2.35. The third-order valence-corrected chi connectivity index (χ3v) is 3.36. The van der Waals surface area contributed by atoms with E-state index in [4.69, 9.17) is 22.3 Å². The molecule has 20 heavy (non-hydrogen) atoms. The van der Waals surface area contributed by atoms with Crippen molar-refractivity contribution in [2.45, 2.75) is 23.7 Å². The highest BCUT2D eigenvalue weighted by molar-refractivity contribution is 8.13. The third-order valence-electron chi connectivity index (χ3n) is 1.91. The van der Waals surface area contributed by atoms with E-state index in [1.807, 2.05) is 0 Å². The van der Waals surface area contributed by atoms with Crippen molar-refractivity contribution < 1.29 is 35.1 Å². The average molecular weight is 360 g/mol. The van der Waals surface area contributed by atoms with Gasteiger partial charge in [-0.1, -0.05) is 0 Å². The van der Waals surface area contributed by atoms with Gasteiger partial charge >= 0.3 is 6.36 Å². The predicted molar refractivity (Wildman–Crippen MR) is 58.5 cm³/mol. The van der Waals surface area contributed by atoms with Crippen LogP contribution in [0.4, 0.5) is 22.0 Å². The zero-order valence-corrected chi connectivity index (χ0v) is 11.4. The largest absolute Gasteiger partial charge is 0.573 e. The molecule has 0 aliphatic heterocycles. The second-order valence-electron chi connectivity index (χ2n) is 3.24. The Morgan fingerprint density at radius 1 is 1.35 bits per heavy atom. The SMILES string of the molecule is O=S(=O)(Cl)c1cc(OC(F)(F)F)c(CCl)c(C(F)F)n1. The number of halogens is 7. The van der Waals surface area contributed by atoms with Crippen molar-refractivity contribution in [2.75, 3.05) is 0 Å². The van der Waals surface area contributed by atoms with Crippen LogP contribution >= 0.6 is 22.3 Å². The Bertz CT molecular complexity index is 605. The molecule has 0 saturated carbocycles. The van der Waals surface area contributed by atoms with E-state index >= 15 is 0 Å². The molecule has 4 nitrogen and oxygen atoms in total. The van der Waals surface area contributed by atoms with Crippen LogP contribution in [0.3, 0.4) is 0 Å². The first-order valence-electron chi connectivity index (χ1n) is 4.54. The molecule has 0 radical (unpaired) electrons. The van der Waals surface area contributed by atoms with Gasteiger partial charge in [0.25, 0.3) is 15.5 Å². The van der Waals surface area contributed by atoms with Crippen molar-refractivity contribution in [1.29, 1.82) is 0 Å². The number of nitrogens with zero attached hydrogens (tertiary/aromatic N) is 1. The Labute approximate surface area is 118 Å². The fraction of sp³-hybridized carbons (Fsp3) is 0.375. The molecule has 0 aliphatic rings. The summed E-state index contributed by atoms with van der Waals surface area (Å²) in [5, 5.41) is -1.19. The van der Waals surface area contributed by atoms with Crippen molar-refractivity contribution in [1.82, 2.24) is 4.98 Å². The van der Waals surface area contributed by atoms with Gasteiger partial charge in [0.05, 0.1) is 5.88 Å². The van der Waals surface area contributed by atoms with E-state index in [0.29, 0.717) is 0 Å². The highest BCUT2D eigenvalue weighted by atomic mass is 35.7. The zero-order chi connectivity index (χ0) is 15.7. The fourth-order valence-electron chi connectivity index (χ4n) is 1.20.